The summed E-state index contributed by atoms with van der Waals surface area (Å²) in [4.78, 5) is 0. The number of benzene rings is 1. The summed E-state index contributed by atoms with van der Waals surface area (Å²) in [6, 6.07) is 8.15. The number of nitrogens with zero attached hydrogens (tertiary/aromatic N) is 1. The van der Waals surface area contributed by atoms with Crippen molar-refractivity contribution >= 4 is 24.0 Å². The number of rotatable bonds is 2. The van der Waals surface area contributed by atoms with Crippen LogP contribution in [0.3, 0.4) is 0 Å². The van der Waals surface area contributed by atoms with Gasteiger partial charge in [0.05, 0.1) is 5.36 Å². The molecule has 4 heteroatoms. The van der Waals surface area contributed by atoms with E-state index in [4.69, 9.17) is 17.0 Å². The minimum absolute atomic E-state index is 0. The smallest absolute Gasteiger partial charge is 0.0638 e. The lowest BCUT2D eigenvalue weighted by Crippen LogP contribution is -2.27. The maximum absolute atomic E-state index is 8.58. The second-order valence-electron chi connectivity index (χ2n) is 6.46. The second kappa shape index (κ2) is 6.70. The molecule has 1 aromatic heterocycles. The predicted molar refractivity (Wildman–Crippen MR) is 96.8 cm³/mol. The van der Waals surface area contributed by atoms with Gasteiger partial charge in [-0.25, -0.2) is 0 Å². The zero-order valence-electron chi connectivity index (χ0n) is 13.2. The van der Waals surface area contributed by atoms with Crippen molar-refractivity contribution in [3.8, 4) is 0 Å². The van der Waals surface area contributed by atoms with Crippen LogP contribution in [0.4, 0.5) is 0 Å². The molecule has 1 heterocycles. The van der Waals surface area contributed by atoms with E-state index in [1.54, 1.807) is 0 Å². The van der Waals surface area contributed by atoms with E-state index in [1.165, 1.54) is 47.3 Å². The van der Waals surface area contributed by atoms with Gasteiger partial charge in [-0.1, -0.05) is 29.8 Å². The molecule has 2 aliphatic rings. The fourth-order valence-electron chi connectivity index (χ4n) is 4.08. The number of nitrogens with one attached hydrogen (secondary N) is 1. The minimum atomic E-state index is 0. The average Bonchev–Trinajstić information content (AvgIpc) is 3.03. The molecule has 2 aliphatic carbocycles. The van der Waals surface area contributed by atoms with E-state index in [-0.39, 0.29) is 12.4 Å². The molecular weight excluding hydrogens is 327 g/mol. The van der Waals surface area contributed by atoms with Crippen molar-refractivity contribution in [2.24, 2.45) is 0 Å². The minimum Gasteiger partial charge on any atom is -0.343 e. The van der Waals surface area contributed by atoms with Crippen LogP contribution in [0, 0.1) is 5.41 Å². The fourth-order valence-corrected chi connectivity index (χ4v) is 4.28. The van der Waals surface area contributed by atoms with Gasteiger partial charge in [0, 0.05) is 23.0 Å². The summed E-state index contributed by atoms with van der Waals surface area (Å²) >= 11 is 6.39. The Morgan fingerprint density at radius 1 is 0.913 bits per heavy atom. The Kier molecular flexibility index (Phi) is 4.84. The first-order valence-corrected chi connectivity index (χ1v) is 8.68. The Bertz CT molecular complexity index is 793. The van der Waals surface area contributed by atoms with Crippen LogP contribution in [0.15, 0.2) is 24.3 Å². The highest BCUT2D eigenvalue weighted by Gasteiger charge is 2.24. The number of hydrogen-bond donors (Lipinski definition) is 1. The third-order valence-electron chi connectivity index (χ3n) is 5.17. The monoisotopic (exact) mass is 348 g/mol. The Morgan fingerprint density at radius 3 is 2.26 bits per heavy atom. The maximum Gasteiger partial charge on any atom is 0.0638 e. The standard InChI is InChI=1S/C19H21ClN2.ClH/c20-16-9-3-1-6-13(16)12-22-17-10-4-2-7-14(17)19(21)15-8-5-11-18(15)22;/h1,3,6,9,21H,2,4-5,7-8,10-12H2;1H. The predicted octanol–water partition coefficient (Wildman–Crippen LogP) is 4.46. The van der Waals surface area contributed by atoms with Gasteiger partial charge < -0.3 is 9.98 Å². The van der Waals surface area contributed by atoms with E-state index in [1.807, 2.05) is 12.1 Å². The summed E-state index contributed by atoms with van der Waals surface area (Å²) in [5.74, 6) is 0. The van der Waals surface area contributed by atoms with Crippen molar-refractivity contribution in [3.63, 3.8) is 0 Å². The first kappa shape index (κ1) is 16.6. The Balaban J connectivity index is 0.00000156. The zero-order chi connectivity index (χ0) is 15.1. The van der Waals surface area contributed by atoms with Crippen LogP contribution in [0.2, 0.25) is 5.02 Å². The van der Waals surface area contributed by atoms with Crippen molar-refractivity contribution in [3.05, 3.63) is 62.7 Å². The Morgan fingerprint density at radius 2 is 1.52 bits per heavy atom. The van der Waals surface area contributed by atoms with Gasteiger partial charge in [0.25, 0.3) is 0 Å². The molecule has 4 rings (SSSR count). The third kappa shape index (κ3) is 2.83. The van der Waals surface area contributed by atoms with Gasteiger partial charge in [-0.05, 0) is 67.7 Å². The van der Waals surface area contributed by atoms with Gasteiger partial charge in [0.2, 0.25) is 0 Å². The van der Waals surface area contributed by atoms with E-state index in [0.29, 0.717) is 0 Å². The summed E-state index contributed by atoms with van der Waals surface area (Å²) in [6.07, 6.45) is 8.02. The molecule has 1 N–H and O–H groups in total. The summed E-state index contributed by atoms with van der Waals surface area (Å²) in [5.41, 5.74) is 6.59. The molecule has 0 bridgehead atoms. The number of hydrogen-bond acceptors (Lipinski definition) is 1. The molecule has 0 spiro atoms. The van der Waals surface area contributed by atoms with Gasteiger partial charge in [-0.3, -0.25) is 0 Å². The molecule has 2 aromatic rings. The Hall–Kier alpha value is -1.25. The lowest BCUT2D eigenvalue weighted by molar-refractivity contribution is 0.590. The lowest BCUT2D eigenvalue weighted by Gasteiger charge is -2.26. The highest BCUT2D eigenvalue weighted by Crippen LogP contribution is 2.28. The van der Waals surface area contributed by atoms with Gasteiger partial charge in [0.1, 0.15) is 0 Å². The molecule has 0 aliphatic heterocycles. The summed E-state index contributed by atoms with van der Waals surface area (Å²) in [7, 11) is 0. The van der Waals surface area contributed by atoms with E-state index >= 15 is 0 Å². The van der Waals surface area contributed by atoms with Crippen LogP contribution >= 0.6 is 24.0 Å². The van der Waals surface area contributed by atoms with Gasteiger partial charge in [-0.15, -0.1) is 12.4 Å². The summed E-state index contributed by atoms with van der Waals surface area (Å²) < 4.78 is 2.50. The molecule has 0 fully saturated rings. The van der Waals surface area contributed by atoms with Gasteiger partial charge >= 0.3 is 0 Å². The highest BCUT2D eigenvalue weighted by atomic mass is 35.5. The molecular formula is C19H22Cl2N2. The topological polar surface area (TPSA) is 28.8 Å². The molecule has 122 valence electrons. The maximum atomic E-state index is 8.58. The molecule has 0 saturated heterocycles. The van der Waals surface area contributed by atoms with Gasteiger partial charge in [0.15, 0.2) is 0 Å². The average molecular weight is 349 g/mol. The molecule has 1 aromatic carbocycles. The fraction of sp³-hybridized carbons (Fsp3) is 0.421. The number of fused-ring (bicyclic) bond motifs is 2. The van der Waals surface area contributed by atoms with Crippen molar-refractivity contribution in [1.29, 1.82) is 5.41 Å². The molecule has 23 heavy (non-hydrogen) atoms. The molecule has 0 atom stereocenters. The molecule has 0 amide bonds. The highest BCUT2D eigenvalue weighted by molar-refractivity contribution is 6.31. The molecule has 0 unspecified atom stereocenters. The van der Waals surface area contributed by atoms with E-state index in [2.05, 4.69) is 16.7 Å². The van der Waals surface area contributed by atoms with Gasteiger partial charge in [-0.2, -0.15) is 0 Å². The van der Waals surface area contributed by atoms with Crippen LogP contribution in [0.1, 0.15) is 47.3 Å². The number of pyridine rings is 1. The quantitative estimate of drug-likeness (QED) is 0.830. The summed E-state index contributed by atoms with van der Waals surface area (Å²) in [5, 5.41) is 10.3. The largest absolute Gasteiger partial charge is 0.343 e. The van der Waals surface area contributed by atoms with E-state index in [0.717, 1.165) is 42.6 Å². The van der Waals surface area contributed by atoms with E-state index in [9.17, 15) is 0 Å². The van der Waals surface area contributed by atoms with Crippen molar-refractivity contribution in [2.45, 2.75) is 51.5 Å². The lowest BCUT2D eigenvalue weighted by atomic mass is 9.92. The van der Waals surface area contributed by atoms with Crippen LogP contribution in [-0.2, 0) is 32.2 Å². The van der Waals surface area contributed by atoms with Crippen molar-refractivity contribution in [2.75, 3.05) is 0 Å². The normalized spacial score (nSPS) is 15.7. The first-order chi connectivity index (χ1) is 10.8. The molecule has 0 saturated carbocycles. The number of halogens is 2. The van der Waals surface area contributed by atoms with Crippen molar-refractivity contribution in [1.82, 2.24) is 4.57 Å². The van der Waals surface area contributed by atoms with E-state index < -0.39 is 0 Å². The van der Waals surface area contributed by atoms with Crippen LogP contribution in [0.5, 0.6) is 0 Å². The first-order valence-electron chi connectivity index (χ1n) is 8.30. The second-order valence-corrected chi connectivity index (χ2v) is 6.87. The van der Waals surface area contributed by atoms with Crippen LogP contribution in [0.25, 0.3) is 0 Å². The number of aromatic nitrogens is 1. The Labute approximate surface area is 148 Å². The van der Waals surface area contributed by atoms with Crippen LogP contribution in [-0.4, -0.2) is 4.57 Å². The summed E-state index contributed by atoms with van der Waals surface area (Å²) in [6.45, 7) is 0.852. The molecule has 2 nitrogen and oxygen atoms in total. The third-order valence-corrected chi connectivity index (χ3v) is 5.54. The molecule has 0 radical (unpaired) electrons. The zero-order valence-corrected chi connectivity index (χ0v) is 14.8. The van der Waals surface area contributed by atoms with Crippen molar-refractivity contribution < 1.29 is 0 Å². The van der Waals surface area contributed by atoms with Crippen LogP contribution < -0.4 is 5.36 Å². The SMILES string of the molecule is Cl.N=c1c2c(n(Cc3ccccc3Cl)c3c1CCC3)CCCC2.